The van der Waals surface area contributed by atoms with Gasteiger partial charge in [-0.05, 0) is 18.2 Å². The summed E-state index contributed by atoms with van der Waals surface area (Å²) in [4.78, 5) is 8.14. The largest absolute Gasteiger partial charge is 0.490 e. The Morgan fingerprint density at radius 1 is 1.29 bits per heavy atom. The first kappa shape index (κ1) is 15.3. The van der Waals surface area contributed by atoms with Crippen LogP contribution in [0.15, 0.2) is 30.5 Å². The topological polar surface area (TPSA) is 73.7 Å². The zero-order valence-corrected chi connectivity index (χ0v) is 12.4. The number of hydrogen-bond acceptors (Lipinski definition) is 6. The van der Waals surface area contributed by atoms with Crippen LogP contribution in [0.2, 0.25) is 5.02 Å². The van der Waals surface area contributed by atoms with Gasteiger partial charge in [-0.3, -0.25) is 0 Å². The summed E-state index contributed by atoms with van der Waals surface area (Å²) in [6, 6.07) is 6.90. The molecule has 0 saturated carbocycles. The molecule has 0 aliphatic carbocycles. The van der Waals surface area contributed by atoms with Crippen molar-refractivity contribution in [2.24, 2.45) is 0 Å². The molecule has 6 nitrogen and oxygen atoms in total. The Morgan fingerprint density at radius 3 is 2.76 bits per heavy atom. The third-order valence-corrected chi connectivity index (χ3v) is 2.90. The molecule has 0 aliphatic heterocycles. The number of benzene rings is 1. The lowest BCUT2D eigenvalue weighted by molar-refractivity contribution is 0.101. The smallest absolute Gasteiger partial charge is 0.241 e. The highest BCUT2D eigenvalue weighted by Crippen LogP contribution is 2.24. The minimum Gasteiger partial charge on any atom is -0.490 e. The number of nitrogens with zero attached hydrogens (tertiary/aromatic N) is 2. The van der Waals surface area contributed by atoms with Crippen LogP contribution in [0.4, 0.5) is 0 Å². The van der Waals surface area contributed by atoms with Crippen LogP contribution in [-0.2, 0) is 0 Å². The van der Waals surface area contributed by atoms with E-state index in [1.165, 1.54) is 20.4 Å². The molecule has 0 bridgehead atoms. The maximum Gasteiger partial charge on any atom is 0.241 e. The number of hydrogen-bond donors (Lipinski definition) is 1. The van der Waals surface area contributed by atoms with Gasteiger partial charge in [0.15, 0.2) is 0 Å². The van der Waals surface area contributed by atoms with Gasteiger partial charge >= 0.3 is 0 Å². The van der Waals surface area contributed by atoms with Crippen LogP contribution in [0.5, 0.6) is 17.5 Å². The number of aliphatic hydroxyl groups is 1. The van der Waals surface area contributed by atoms with E-state index in [4.69, 9.17) is 25.8 Å². The molecular weight excluding hydrogens is 296 g/mol. The van der Waals surface area contributed by atoms with E-state index in [0.29, 0.717) is 16.7 Å². The molecule has 1 heterocycles. The van der Waals surface area contributed by atoms with Crippen molar-refractivity contribution in [3.63, 3.8) is 0 Å². The standard InChI is InChI=1S/C14H15ClN2O4/c1-19-12-7-16-13(14(17-12)20-2)11(18)8-21-10-5-3-4-9(15)6-10/h3-7,11,18H,8H2,1-2H3. The molecule has 1 aromatic carbocycles. The lowest BCUT2D eigenvalue weighted by atomic mass is 10.2. The minimum absolute atomic E-state index is 0.00227. The highest BCUT2D eigenvalue weighted by Gasteiger charge is 2.18. The summed E-state index contributed by atoms with van der Waals surface area (Å²) in [5.74, 6) is 1.05. The van der Waals surface area contributed by atoms with Crippen LogP contribution in [0.25, 0.3) is 0 Å². The second-order valence-corrected chi connectivity index (χ2v) is 4.53. The molecule has 1 unspecified atom stereocenters. The molecule has 0 fully saturated rings. The van der Waals surface area contributed by atoms with Crippen LogP contribution in [0, 0.1) is 0 Å². The van der Waals surface area contributed by atoms with E-state index in [0.717, 1.165) is 0 Å². The molecule has 1 aromatic heterocycles. The summed E-state index contributed by atoms with van der Waals surface area (Å²) in [6.45, 7) is -0.00227. The number of methoxy groups -OCH3 is 2. The molecule has 21 heavy (non-hydrogen) atoms. The Labute approximate surface area is 127 Å². The van der Waals surface area contributed by atoms with Crippen molar-refractivity contribution in [3.05, 3.63) is 41.2 Å². The average molecular weight is 311 g/mol. The average Bonchev–Trinajstić information content (AvgIpc) is 2.52. The SMILES string of the molecule is COc1cnc(C(O)COc2cccc(Cl)c2)c(OC)n1. The number of rotatable bonds is 6. The van der Waals surface area contributed by atoms with Crippen LogP contribution < -0.4 is 14.2 Å². The molecule has 0 radical (unpaired) electrons. The van der Waals surface area contributed by atoms with Gasteiger partial charge in [0.2, 0.25) is 11.8 Å². The number of aliphatic hydroxyl groups excluding tert-OH is 1. The Hall–Kier alpha value is -2.05. The van der Waals surface area contributed by atoms with Gasteiger partial charge in [-0.25, -0.2) is 4.98 Å². The first-order valence-corrected chi connectivity index (χ1v) is 6.53. The number of aromatic nitrogens is 2. The fourth-order valence-electron chi connectivity index (χ4n) is 1.65. The van der Waals surface area contributed by atoms with Crippen molar-refractivity contribution in [3.8, 4) is 17.5 Å². The molecule has 7 heteroatoms. The molecule has 0 amide bonds. The van der Waals surface area contributed by atoms with Gasteiger partial charge < -0.3 is 19.3 Å². The molecule has 2 rings (SSSR count). The predicted molar refractivity (Wildman–Crippen MR) is 77.0 cm³/mol. The lowest BCUT2D eigenvalue weighted by Gasteiger charge is -2.14. The van der Waals surface area contributed by atoms with Gasteiger partial charge in [0.1, 0.15) is 24.2 Å². The molecule has 2 aromatic rings. The van der Waals surface area contributed by atoms with Gasteiger partial charge in [0.25, 0.3) is 0 Å². The van der Waals surface area contributed by atoms with Crippen molar-refractivity contribution in [1.29, 1.82) is 0 Å². The fourth-order valence-corrected chi connectivity index (χ4v) is 1.83. The molecule has 1 N–H and O–H groups in total. The zero-order chi connectivity index (χ0) is 15.2. The van der Waals surface area contributed by atoms with Crippen LogP contribution >= 0.6 is 11.6 Å². The van der Waals surface area contributed by atoms with Crippen LogP contribution in [-0.4, -0.2) is 35.9 Å². The minimum atomic E-state index is -0.989. The maximum atomic E-state index is 10.1. The molecule has 0 saturated heterocycles. The Kier molecular flexibility index (Phi) is 5.19. The molecular formula is C14H15ClN2O4. The van der Waals surface area contributed by atoms with E-state index in [9.17, 15) is 5.11 Å². The summed E-state index contributed by atoms with van der Waals surface area (Å²) in [5, 5.41) is 10.7. The van der Waals surface area contributed by atoms with Crippen LogP contribution in [0.3, 0.4) is 0 Å². The summed E-state index contributed by atoms with van der Waals surface area (Å²) >= 11 is 5.86. The van der Waals surface area contributed by atoms with Gasteiger partial charge in [-0.15, -0.1) is 0 Å². The second kappa shape index (κ2) is 7.10. The third-order valence-electron chi connectivity index (χ3n) is 2.67. The van der Waals surface area contributed by atoms with E-state index in [1.807, 2.05) is 0 Å². The van der Waals surface area contributed by atoms with Gasteiger partial charge in [-0.2, -0.15) is 4.98 Å². The summed E-state index contributed by atoms with van der Waals surface area (Å²) in [6.07, 6.45) is 0.415. The Balaban J connectivity index is 2.07. The molecule has 0 spiro atoms. The number of halogens is 1. The normalized spacial score (nSPS) is 11.8. The highest BCUT2D eigenvalue weighted by molar-refractivity contribution is 6.30. The van der Waals surface area contributed by atoms with E-state index in [1.54, 1.807) is 24.3 Å². The van der Waals surface area contributed by atoms with E-state index in [-0.39, 0.29) is 18.2 Å². The van der Waals surface area contributed by atoms with Crippen molar-refractivity contribution in [2.75, 3.05) is 20.8 Å². The highest BCUT2D eigenvalue weighted by atomic mass is 35.5. The van der Waals surface area contributed by atoms with Crippen molar-refractivity contribution in [2.45, 2.75) is 6.10 Å². The van der Waals surface area contributed by atoms with Crippen LogP contribution in [0.1, 0.15) is 11.8 Å². The maximum absolute atomic E-state index is 10.1. The molecule has 1 atom stereocenters. The quantitative estimate of drug-likeness (QED) is 0.882. The van der Waals surface area contributed by atoms with E-state index in [2.05, 4.69) is 9.97 Å². The van der Waals surface area contributed by atoms with E-state index >= 15 is 0 Å². The molecule has 112 valence electrons. The van der Waals surface area contributed by atoms with E-state index < -0.39 is 6.10 Å². The lowest BCUT2D eigenvalue weighted by Crippen LogP contribution is -2.13. The first-order chi connectivity index (χ1) is 10.1. The number of ether oxygens (including phenoxy) is 3. The second-order valence-electron chi connectivity index (χ2n) is 4.09. The monoisotopic (exact) mass is 310 g/mol. The Morgan fingerprint density at radius 2 is 2.10 bits per heavy atom. The van der Waals surface area contributed by atoms with Gasteiger partial charge in [0.05, 0.1) is 20.4 Å². The Bertz CT molecular complexity index is 609. The third kappa shape index (κ3) is 3.96. The summed E-state index contributed by atoms with van der Waals surface area (Å²) in [7, 11) is 2.92. The molecule has 0 aliphatic rings. The first-order valence-electron chi connectivity index (χ1n) is 6.15. The predicted octanol–water partition coefficient (Wildman–Crippen LogP) is 2.26. The zero-order valence-electron chi connectivity index (χ0n) is 11.6. The van der Waals surface area contributed by atoms with Crippen molar-refractivity contribution >= 4 is 11.6 Å². The van der Waals surface area contributed by atoms with Crippen molar-refractivity contribution in [1.82, 2.24) is 9.97 Å². The van der Waals surface area contributed by atoms with Gasteiger partial charge in [-0.1, -0.05) is 17.7 Å². The fraction of sp³-hybridized carbons (Fsp3) is 0.286. The summed E-state index contributed by atoms with van der Waals surface area (Å²) < 4.78 is 15.5. The summed E-state index contributed by atoms with van der Waals surface area (Å²) in [5.41, 5.74) is 0.278. The van der Waals surface area contributed by atoms with Gasteiger partial charge in [0, 0.05) is 5.02 Å². The van der Waals surface area contributed by atoms with Crippen molar-refractivity contribution < 1.29 is 19.3 Å².